The van der Waals surface area contributed by atoms with Crippen LogP contribution in [0.4, 0.5) is 5.13 Å². The fourth-order valence-electron chi connectivity index (χ4n) is 2.39. The van der Waals surface area contributed by atoms with Gasteiger partial charge in [0.15, 0.2) is 5.01 Å². The number of aromatic nitrogens is 3. The molecular weight excluding hydrogens is 260 g/mol. The van der Waals surface area contributed by atoms with E-state index >= 15 is 0 Å². The van der Waals surface area contributed by atoms with E-state index in [2.05, 4.69) is 20.5 Å². The van der Waals surface area contributed by atoms with Gasteiger partial charge in [-0.2, -0.15) is 0 Å². The van der Waals surface area contributed by atoms with E-state index in [-0.39, 0.29) is 5.56 Å². The highest BCUT2D eigenvalue weighted by Crippen LogP contribution is 2.26. The van der Waals surface area contributed by atoms with E-state index < -0.39 is 0 Å². The highest BCUT2D eigenvalue weighted by atomic mass is 32.1. The molecule has 3 rings (SSSR count). The molecule has 2 heterocycles. The molecule has 0 radical (unpaired) electrons. The summed E-state index contributed by atoms with van der Waals surface area (Å²) < 4.78 is 0. The van der Waals surface area contributed by atoms with Crippen molar-refractivity contribution in [2.45, 2.75) is 32.6 Å². The zero-order valence-corrected chi connectivity index (χ0v) is 11.6. The zero-order valence-electron chi connectivity index (χ0n) is 10.8. The SMILES string of the molecule is CCNc1nnc(-c2cc3c([nH]c2=O)CCCC3)s1. The first-order valence-electron chi connectivity index (χ1n) is 6.60. The van der Waals surface area contributed by atoms with Gasteiger partial charge in [0.25, 0.3) is 5.56 Å². The lowest BCUT2D eigenvalue weighted by Gasteiger charge is -2.15. The number of aromatic amines is 1. The Morgan fingerprint density at radius 2 is 2.21 bits per heavy atom. The summed E-state index contributed by atoms with van der Waals surface area (Å²) in [6, 6.07) is 1.99. The van der Waals surface area contributed by atoms with Crippen molar-refractivity contribution in [1.29, 1.82) is 0 Å². The molecule has 0 fully saturated rings. The van der Waals surface area contributed by atoms with E-state index in [1.807, 2.05) is 13.0 Å². The maximum absolute atomic E-state index is 12.1. The van der Waals surface area contributed by atoms with Crippen LogP contribution < -0.4 is 10.9 Å². The minimum Gasteiger partial charge on any atom is -0.360 e. The van der Waals surface area contributed by atoms with E-state index in [4.69, 9.17) is 0 Å². The van der Waals surface area contributed by atoms with E-state index in [9.17, 15) is 4.79 Å². The van der Waals surface area contributed by atoms with Crippen molar-refractivity contribution in [2.75, 3.05) is 11.9 Å². The van der Waals surface area contributed by atoms with Crippen LogP contribution in [0.25, 0.3) is 10.6 Å². The fraction of sp³-hybridized carbons (Fsp3) is 0.462. The van der Waals surface area contributed by atoms with Crippen molar-refractivity contribution < 1.29 is 0 Å². The van der Waals surface area contributed by atoms with E-state index in [1.165, 1.54) is 23.3 Å². The second kappa shape index (κ2) is 5.13. The average molecular weight is 276 g/mol. The van der Waals surface area contributed by atoms with Gasteiger partial charge < -0.3 is 10.3 Å². The predicted molar refractivity (Wildman–Crippen MR) is 76.8 cm³/mol. The third-order valence-electron chi connectivity index (χ3n) is 3.32. The third kappa shape index (κ3) is 2.40. The maximum Gasteiger partial charge on any atom is 0.258 e. The van der Waals surface area contributed by atoms with E-state index in [1.54, 1.807) is 0 Å². The molecule has 0 aliphatic heterocycles. The molecule has 0 amide bonds. The minimum absolute atomic E-state index is 0.0557. The lowest BCUT2D eigenvalue weighted by atomic mass is 9.95. The number of hydrogen-bond donors (Lipinski definition) is 2. The summed E-state index contributed by atoms with van der Waals surface area (Å²) in [4.78, 5) is 15.1. The molecule has 0 atom stereocenters. The van der Waals surface area contributed by atoms with Gasteiger partial charge in [-0.05, 0) is 44.2 Å². The molecule has 0 unspecified atom stereocenters. The normalized spacial score (nSPS) is 14.2. The van der Waals surface area contributed by atoms with Crippen LogP contribution in [-0.2, 0) is 12.8 Å². The standard InChI is InChI=1S/C13H16N4OS/c1-2-14-13-17-16-12(19-13)9-7-8-5-3-4-6-10(8)15-11(9)18/h7H,2-6H2,1H3,(H,14,17)(H,15,18). The average Bonchev–Trinajstić information content (AvgIpc) is 2.87. The van der Waals surface area contributed by atoms with Crippen LogP contribution in [0.1, 0.15) is 31.0 Å². The van der Waals surface area contributed by atoms with Crippen molar-refractivity contribution >= 4 is 16.5 Å². The molecule has 0 bridgehead atoms. The summed E-state index contributed by atoms with van der Waals surface area (Å²) in [5, 5.41) is 12.7. The van der Waals surface area contributed by atoms with Crippen LogP contribution >= 0.6 is 11.3 Å². The van der Waals surface area contributed by atoms with Crippen molar-refractivity contribution in [3.63, 3.8) is 0 Å². The molecule has 1 aliphatic carbocycles. The van der Waals surface area contributed by atoms with Crippen molar-refractivity contribution in [1.82, 2.24) is 15.2 Å². The number of hydrogen-bond acceptors (Lipinski definition) is 5. The van der Waals surface area contributed by atoms with Crippen LogP contribution in [-0.4, -0.2) is 21.7 Å². The van der Waals surface area contributed by atoms with Crippen LogP contribution in [0.15, 0.2) is 10.9 Å². The first-order valence-corrected chi connectivity index (χ1v) is 7.42. The summed E-state index contributed by atoms with van der Waals surface area (Å²) in [7, 11) is 0. The van der Waals surface area contributed by atoms with Gasteiger partial charge in [-0.1, -0.05) is 11.3 Å². The minimum atomic E-state index is -0.0557. The molecule has 2 aromatic heterocycles. The van der Waals surface area contributed by atoms with Crippen molar-refractivity contribution in [2.24, 2.45) is 0 Å². The van der Waals surface area contributed by atoms with E-state index in [0.717, 1.165) is 36.6 Å². The van der Waals surface area contributed by atoms with Gasteiger partial charge in [-0.15, -0.1) is 10.2 Å². The van der Waals surface area contributed by atoms with Crippen LogP contribution in [0.5, 0.6) is 0 Å². The van der Waals surface area contributed by atoms with Gasteiger partial charge in [0, 0.05) is 12.2 Å². The Morgan fingerprint density at radius 1 is 1.37 bits per heavy atom. The van der Waals surface area contributed by atoms with Crippen LogP contribution in [0, 0.1) is 0 Å². The zero-order chi connectivity index (χ0) is 13.2. The summed E-state index contributed by atoms with van der Waals surface area (Å²) in [5.41, 5.74) is 2.93. The molecule has 0 aromatic carbocycles. The molecule has 5 nitrogen and oxygen atoms in total. The molecule has 6 heteroatoms. The second-order valence-electron chi connectivity index (χ2n) is 4.67. The van der Waals surface area contributed by atoms with Crippen molar-refractivity contribution in [3.05, 3.63) is 27.7 Å². The molecule has 0 spiro atoms. The van der Waals surface area contributed by atoms with Gasteiger partial charge in [0.2, 0.25) is 5.13 Å². The maximum atomic E-state index is 12.1. The number of aryl methyl sites for hydroxylation is 2. The Balaban J connectivity index is 2.01. The smallest absolute Gasteiger partial charge is 0.258 e. The number of pyridine rings is 1. The predicted octanol–water partition coefficient (Wildman–Crippen LogP) is 2.20. The lowest BCUT2D eigenvalue weighted by molar-refractivity contribution is 0.665. The van der Waals surface area contributed by atoms with Gasteiger partial charge in [-0.3, -0.25) is 4.79 Å². The van der Waals surface area contributed by atoms with Gasteiger partial charge in [-0.25, -0.2) is 0 Å². The summed E-state index contributed by atoms with van der Waals surface area (Å²) in [6.45, 7) is 2.81. The molecule has 1 aliphatic rings. The summed E-state index contributed by atoms with van der Waals surface area (Å²) in [6.07, 6.45) is 4.37. The highest BCUT2D eigenvalue weighted by Gasteiger charge is 2.16. The van der Waals surface area contributed by atoms with E-state index in [0.29, 0.717) is 10.6 Å². The Labute approximate surface area is 115 Å². The molecule has 0 saturated heterocycles. The van der Waals surface area contributed by atoms with Crippen LogP contribution in [0.2, 0.25) is 0 Å². The quantitative estimate of drug-likeness (QED) is 0.901. The molecular formula is C13H16N4OS. The second-order valence-corrected chi connectivity index (χ2v) is 5.64. The lowest BCUT2D eigenvalue weighted by Crippen LogP contribution is -2.16. The highest BCUT2D eigenvalue weighted by molar-refractivity contribution is 7.18. The van der Waals surface area contributed by atoms with Crippen LogP contribution in [0.3, 0.4) is 0 Å². The van der Waals surface area contributed by atoms with Gasteiger partial charge in [0.05, 0.1) is 5.56 Å². The summed E-state index contributed by atoms with van der Waals surface area (Å²) >= 11 is 1.42. The number of fused-ring (bicyclic) bond motifs is 1. The first kappa shape index (κ1) is 12.3. The molecule has 0 saturated carbocycles. The monoisotopic (exact) mass is 276 g/mol. The Morgan fingerprint density at radius 3 is 3.05 bits per heavy atom. The van der Waals surface area contributed by atoms with Crippen molar-refractivity contribution in [3.8, 4) is 10.6 Å². The fourth-order valence-corrected chi connectivity index (χ4v) is 3.21. The Bertz CT molecular complexity index is 646. The number of H-pyrrole nitrogens is 1. The third-order valence-corrected chi connectivity index (χ3v) is 4.24. The first-order chi connectivity index (χ1) is 9.28. The summed E-state index contributed by atoms with van der Waals surface area (Å²) in [5.74, 6) is 0. The number of nitrogens with zero attached hydrogens (tertiary/aromatic N) is 2. The largest absolute Gasteiger partial charge is 0.360 e. The molecule has 19 heavy (non-hydrogen) atoms. The molecule has 2 aromatic rings. The number of anilines is 1. The number of nitrogens with one attached hydrogen (secondary N) is 2. The van der Waals surface area contributed by atoms with Gasteiger partial charge in [0.1, 0.15) is 0 Å². The number of rotatable bonds is 3. The van der Waals surface area contributed by atoms with Gasteiger partial charge >= 0.3 is 0 Å². The molecule has 2 N–H and O–H groups in total. The Hall–Kier alpha value is -1.69. The molecule has 100 valence electrons. The Kier molecular flexibility index (Phi) is 3.33. The topological polar surface area (TPSA) is 70.7 Å².